The Morgan fingerprint density at radius 3 is 2.55 bits per heavy atom. The molecule has 4 fully saturated rings. The van der Waals surface area contributed by atoms with Gasteiger partial charge in [-0.15, -0.1) is 0 Å². The number of hydrogen-bond donors (Lipinski definition) is 1. The minimum atomic E-state index is 0.184. The minimum Gasteiger partial charge on any atom is -0.474 e. The number of rotatable bonds is 12. The molecule has 4 aliphatic rings. The van der Waals surface area contributed by atoms with Crippen molar-refractivity contribution in [3.63, 3.8) is 0 Å². The number of unbranched alkanes of at least 4 members (excludes halogenated alkanes) is 1. The quantitative estimate of drug-likeness (QED) is 0.234. The lowest BCUT2D eigenvalue weighted by atomic mass is 9.75. The second-order valence-corrected chi connectivity index (χ2v) is 12.9. The summed E-state index contributed by atoms with van der Waals surface area (Å²) in [6, 6.07) is 12.7. The Morgan fingerprint density at radius 1 is 0.900 bits per heavy atom. The van der Waals surface area contributed by atoms with E-state index in [-0.39, 0.29) is 12.7 Å². The molecule has 0 bridgehead atoms. The van der Waals surface area contributed by atoms with Crippen LogP contribution in [0, 0.1) is 16.2 Å². The van der Waals surface area contributed by atoms with Crippen LogP contribution in [0.15, 0.2) is 55.0 Å². The highest BCUT2D eigenvalue weighted by Gasteiger charge is 2.96. The Morgan fingerprint density at radius 2 is 1.75 bits per heavy atom. The van der Waals surface area contributed by atoms with E-state index in [0.717, 1.165) is 56.6 Å². The van der Waals surface area contributed by atoms with Gasteiger partial charge in [0.15, 0.2) is 0 Å². The van der Waals surface area contributed by atoms with Crippen molar-refractivity contribution in [3.8, 4) is 17.0 Å². The monoisotopic (exact) mass is 539 g/mol. The molecule has 7 heteroatoms. The number of benzene rings is 1. The highest BCUT2D eigenvalue weighted by Crippen LogP contribution is 3.00. The predicted molar refractivity (Wildman–Crippen MR) is 153 cm³/mol. The largest absolute Gasteiger partial charge is 0.474 e. The molecule has 1 N–H and O–H groups in total. The summed E-state index contributed by atoms with van der Waals surface area (Å²) in [4.78, 5) is 8.92. The van der Waals surface area contributed by atoms with Gasteiger partial charge in [0.1, 0.15) is 6.10 Å². The highest BCUT2D eigenvalue weighted by atomic mass is 16.5. The number of pyridine rings is 2. The second kappa shape index (κ2) is 9.00. The van der Waals surface area contributed by atoms with Crippen LogP contribution in [0.3, 0.4) is 0 Å². The fraction of sp³-hybridized carbons (Fsp3) is 0.515. The normalized spacial score (nSPS) is 31.4. The Bertz CT molecular complexity index is 1580. The first-order valence-corrected chi connectivity index (χ1v) is 14.8. The van der Waals surface area contributed by atoms with Crippen molar-refractivity contribution in [2.75, 3.05) is 26.4 Å². The Balaban J connectivity index is 0.813. The lowest BCUT2D eigenvalue weighted by Gasteiger charge is -2.39. The van der Waals surface area contributed by atoms with E-state index in [0.29, 0.717) is 28.2 Å². The van der Waals surface area contributed by atoms with E-state index >= 15 is 0 Å². The van der Waals surface area contributed by atoms with Crippen molar-refractivity contribution in [2.24, 2.45) is 23.3 Å². The molecule has 208 valence electrons. The SMILES string of the molecule is Cn1c2ccncc2c2ccc(-c3ccc(OC4CC(OCC56CC7(COCCCCO)CC75C6)C4)nc3)cc21. The van der Waals surface area contributed by atoms with Crippen molar-refractivity contribution < 1.29 is 19.3 Å². The van der Waals surface area contributed by atoms with Crippen LogP contribution in [0.2, 0.25) is 0 Å². The number of aromatic nitrogens is 3. The average Bonchev–Trinajstić information content (AvgIpc) is 3.65. The number of aliphatic hydroxyl groups excluding tert-OH is 1. The summed E-state index contributed by atoms with van der Waals surface area (Å²) in [5.74, 6) is 0.685. The maximum Gasteiger partial charge on any atom is 0.213 e. The minimum absolute atomic E-state index is 0.184. The predicted octanol–water partition coefficient (Wildman–Crippen LogP) is 5.67. The number of nitrogens with zero attached hydrogens (tertiary/aromatic N) is 3. The van der Waals surface area contributed by atoms with Gasteiger partial charge in [0.25, 0.3) is 0 Å². The molecule has 3 atom stereocenters. The summed E-state index contributed by atoms with van der Waals surface area (Å²) >= 11 is 0. The van der Waals surface area contributed by atoms with E-state index in [4.69, 9.17) is 19.3 Å². The third-order valence-corrected chi connectivity index (χ3v) is 10.6. The van der Waals surface area contributed by atoms with Gasteiger partial charge in [-0.3, -0.25) is 4.98 Å². The molecular weight excluding hydrogens is 502 g/mol. The maximum atomic E-state index is 8.91. The van der Waals surface area contributed by atoms with Crippen molar-refractivity contribution >= 4 is 21.8 Å². The number of aryl methyl sites for hydroxylation is 1. The first kappa shape index (κ1) is 24.8. The standard InChI is InChI=1S/C33H37N3O4/c1-36-28-8-9-34-16-27(28)26-6-4-22(12-29(26)36)23-5-7-30(35-15-23)40-25-13-24(14-25)39-21-32-17-31(18-33(31,32)19-32)20-38-11-3-2-10-37/h4-9,12,15-16,24-25,37H,2-3,10-11,13-14,17-21H2,1H3. The molecule has 7 nitrogen and oxygen atoms in total. The zero-order valence-corrected chi connectivity index (χ0v) is 23.1. The zero-order chi connectivity index (χ0) is 27.0. The van der Waals surface area contributed by atoms with E-state index in [9.17, 15) is 0 Å². The van der Waals surface area contributed by atoms with Crippen LogP contribution in [0.4, 0.5) is 0 Å². The molecule has 3 heterocycles. The molecule has 1 aromatic carbocycles. The van der Waals surface area contributed by atoms with Gasteiger partial charge in [-0.2, -0.15) is 0 Å². The summed E-state index contributed by atoms with van der Waals surface area (Å²) in [6.45, 7) is 2.85. The fourth-order valence-corrected chi connectivity index (χ4v) is 8.19. The molecule has 0 aliphatic heterocycles. The lowest BCUT2D eigenvalue weighted by Crippen LogP contribution is -2.42. The first-order chi connectivity index (χ1) is 19.6. The Kier molecular flexibility index (Phi) is 5.57. The molecule has 0 amide bonds. The van der Waals surface area contributed by atoms with Gasteiger partial charge in [0.05, 0.1) is 24.8 Å². The van der Waals surface area contributed by atoms with Gasteiger partial charge < -0.3 is 23.9 Å². The molecule has 3 unspecified atom stereocenters. The molecule has 3 aromatic heterocycles. The van der Waals surface area contributed by atoms with Crippen LogP contribution >= 0.6 is 0 Å². The maximum absolute atomic E-state index is 8.91. The Labute approximate surface area is 234 Å². The van der Waals surface area contributed by atoms with Crippen LogP contribution in [0.1, 0.15) is 44.9 Å². The van der Waals surface area contributed by atoms with Gasteiger partial charge in [0, 0.05) is 90.4 Å². The molecule has 4 saturated carbocycles. The van der Waals surface area contributed by atoms with Crippen LogP contribution in [0.5, 0.6) is 5.88 Å². The van der Waals surface area contributed by atoms with Crippen molar-refractivity contribution in [3.05, 3.63) is 55.0 Å². The van der Waals surface area contributed by atoms with E-state index in [2.05, 4.69) is 51.9 Å². The summed E-state index contributed by atoms with van der Waals surface area (Å²) in [6.07, 6.45) is 13.8. The molecule has 40 heavy (non-hydrogen) atoms. The van der Waals surface area contributed by atoms with Crippen LogP contribution in [-0.4, -0.2) is 58.3 Å². The smallest absolute Gasteiger partial charge is 0.213 e. The van der Waals surface area contributed by atoms with E-state index in [1.54, 1.807) is 0 Å². The second-order valence-electron chi connectivity index (χ2n) is 12.9. The summed E-state index contributed by atoms with van der Waals surface area (Å²) in [5.41, 5.74) is 6.04. The molecule has 0 radical (unpaired) electrons. The molecule has 4 aliphatic carbocycles. The molecule has 1 spiro atoms. The van der Waals surface area contributed by atoms with Gasteiger partial charge in [-0.05, 0) is 61.3 Å². The average molecular weight is 540 g/mol. The summed E-state index contributed by atoms with van der Waals surface area (Å²) < 4.78 is 20.7. The third-order valence-electron chi connectivity index (χ3n) is 10.6. The van der Waals surface area contributed by atoms with Gasteiger partial charge in [-0.1, -0.05) is 12.1 Å². The van der Waals surface area contributed by atoms with E-state index in [1.165, 1.54) is 41.1 Å². The van der Waals surface area contributed by atoms with E-state index < -0.39 is 0 Å². The third kappa shape index (κ3) is 3.67. The van der Waals surface area contributed by atoms with Crippen molar-refractivity contribution in [1.29, 1.82) is 0 Å². The van der Waals surface area contributed by atoms with Crippen molar-refractivity contribution in [2.45, 2.75) is 57.2 Å². The molecule has 4 aromatic rings. The van der Waals surface area contributed by atoms with Crippen LogP contribution in [0.25, 0.3) is 32.9 Å². The fourth-order valence-electron chi connectivity index (χ4n) is 8.19. The van der Waals surface area contributed by atoms with Crippen LogP contribution in [-0.2, 0) is 16.5 Å². The topological polar surface area (TPSA) is 78.6 Å². The van der Waals surface area contributed by atoms with Crippen LogP contribution < -0.4 is 4.74 Å². The number of fused-ring (bicyclic) bond motifs is 3. The summed E-state index contributed by atoms with van der Waals surface area (Å²) in [5, 5.41) is 11.3. The zero-order valence-electron chi connectivity index (χ0n) is 23.1. The van der Waals surface area contributed by atoms with E-state index in [1.807, 2.05) is 24.7 Å². The van der Waals surface area contributed by atoms with Gasteiger partial charge in [-0.25, -0.2) is 4.98 Å². The molecule has 8 rings (SSSR count). The van der Waals surface area contributed by atoms with Gasteiger partial charge in [0.2, 0.25) is 5.88 Å². The molecular formula is C33H37N3O4. The first-order valence-electron chi connectivity index (χ1n) is 14.8. The molecule has 0 saturated heterocycles. The van der Waals surface area contributed by atoms with Gasteiger partial charge >= 0.3 is 0 Å². The van der Waals surface area contributed by atoms with Crippen molar-refractivity contribution in [1.82, 2.24) is 14.5 Å². The Hall–Kier alpha value is -3.00. The number of hydrogen-bond acceptors (Lipinski definition) is 6. The number of aliphatic hydroxyl groups is 1. The summed E-state index contributed by atoms with van der Waals surface area (Å²) in [7, 11) is 2.10. The number of ether oxygens (including phenoxy) is 3. The highest BCUT2D eigenvalue weighted by molar-refractivity contribution is 6.08. The lowest BCUT2D eigenvalue weighted by molar-refractivity contribution is -0.0939.